The van der Waals surface area contributed by atoms with Gasteiger partial charge in [0.15, 0.2) is 0 Å². The molecule has 3 nitrogen and oxygen atoms in total. The standard InChI is InChI=1S/C6H17N3/c1-7-4-3-5-9-6-8-2/h7-9H,3-6H2,1-2H3. The zero-order chi connectivity index (χ0) is 6.95. The normalized spacial score (nSPS) is 10.0. The predicted molar refractivity (Wildman–Crippen MR) is 40.5 cm³/mol. The lowest BCUT2D eigenvalue weighted by Crippen LogP contribution is -2.28. The molecule has 0 radical (unpaired) electrons. The van der Waals surface area contributed by atoms with Crippen LogP contribution in [0.15, 0.2) is 0 Å². The summed E-state index contributed by atoms with van der Waals surface area (Å²) < 4.78 is 0. The van der Waals surface area contributed by atoms with Crippen molar-refractivity contribution >= 4 is 0 Å². The van der Waals surface area contributed by atoms with Gasteiger partial charge in [0, 0.05) is 6.67 Å². The van der Waals surface area contributed by atoms with Crippen molar-refractivity contribution in [1.82, 2.24) is 16.0 Å². The molecule has 56 valence electrons. The molecule has 0 rings (SSSR count). The molecule has 0 saturated carbocycles. The van der Waals surface area contributed by atoms with Crippen molar-refractivity contribution in [2.75, 3.05) is 33.9 Å². The molecule has 0 spiro atoms. The maximum atomic E-state index is 3.22. The first-order chi connectivity index (χ1) is 4.41. The molecule has 9 heavy (non-hydrogen) atoms. The van der Waals surface area contributed by atoms with E-state index in [0.717, 1.165) is 19.8 Å². The molecule has 0 unspecified atom stereocenters. The smallest absolute Gasteiger partial charge is 0.0451 e. The summed E-state index contributed by atoms with van der Waals surface area (Å²) in [5.74, 6) is 0. The first kappa shape index (κ1) is 8.88. The molecule has 0 aliphatic carbocycles. The Morgan fingerprint density at radius 2 is 1.78 bits per heavy atom. The highest BCUT2D eigenvalue weighted by molar-refractivity contribution is 4.45. The lowest BCUT2D eigenvalue weighted by Gasteiger charge is -2.01. The van der Waals surface area contributed by atoms with Crippen molar-refractivity contribution in [3.8, 4) is 0 Å². The van der Waals surface area contributed by atoms with Crippen LogP contribution in [0.3, 0.4) is 0 Å². The minimum Gasteiger partial charge on any atom is -0.320 e. The molecule has 0 aliphatic rings. The summed E-state index contributed by atoms with van der Waals surface area (Å²) in [5, 5.41) is 9.32. The number of nitrogens with one attached hydrogen (secondary N) is 3. The third-order valence-electron chi connectivity index (χ3n) is 1.08. The Kier molecular flexibility index (Phi) is 7.77. The van der Waals surface area contributed by atoms with E-state index < -0.39 is 0 Å². The third kappa shape index (κ3) is 7.88. The van der Waals surface area contributed by atoms with Crippen LogP contribution in [0.2, 0.25) is 0 Å². The Hall–Kier alpha value is -0.120. The van der Waals surface area contributed by atoms with Crippen LogP contribution < -0.4 is 16.0 Å². The average molecular weight is 131 g/mol. The topological polar surface area (TPSA) is 36.1 Å². The van der Waals surface area contributed by atoms with Crippen LogP contribution in [0, 0.1) is 0 Å². The highest BCUT2D eigenvalue weighted by Gasteiger charge is 1.82. The van der Waals surface area contributed by atoms with Gasteiger partial charge in [-0.15, -0.1) is 0 Å². The van der Waals surface area contributed by atoms with Gasteiger partial charge in [-0.1, -0.05) is 0 Å². The second-order valence-electron chi connectivity index (χ2n) is 1.99. The average Bonchev–Trinajstić information content (AvgIpc) is 1.89. The van der Waals surface area contributed by atoms with Gasteiger partial charge in [-0.05, 0) is 33.6 Å². The van der Waals surface area contributed by atoms with Crippen LogP contribution in [0.1, 0.15) is 6.42 Å². The molecule has 3 N–H and O–H groups in total. The highest BCUT2D eigenvalue weighted by atomic mass is 15.0. The quantitative estimate of drug-likeness (QED) is 0.331. The molecule has 0 aromatic carbocycles. The Labute approximate surface area is 57.2 Å². The van der Waals surface area contributed by atoms with E-state index in [1.54, 1.807) is 0 Å². The van der Waals surface area contributed by atoms with Crippen molar-refractivity contribution in [2.24, 2.45) is 0 Å². The summed E-state index contributed by atoms with van der Waals surface area (Å²) in [7, 11) is 3.91. The van der Waals surface area contributed by atoms with E-state index in [1.165, 1.54) is 6.42 Å². The first-order valence-electron chi connectivity index (χ1n) is 3.41. The maximum absolute atomic E-state index is 3.22. The van der Waals surface area contributed by atoms with Crippen LogP contribution in [0.4, 0.5) is 0 Å². The molecule has 0 saturated heterocycles. The molecule has 0 atom stereocenters. The molecular weight excluding hydrogens is 114 g/mol. The minimum absolute atomic E-state index is 0.906. The summed E-state index contributed by atoms with van der Waals surface area (Å²) >= 11 is 0. The molecule has 0 aromatic rings. The van der Waals surface area contributed by atoms with Gasteiger partial charge in [-0.25, -0.2) is 0 Å². The Morgan fingerprint density at radius 3 is 2.33 bits per heavy atom. The van der Waals surface area contributed by atoms with Gasteiger partial charge < -0.3 is 16.0 Å². The molecule has 0 aliphatic heterocycles. The Bertz CT molecular complexity index is 41.6. The van der Waals surface area contributed by atoms with E-state index in [2.05, 4.69) is 16.0 Å². The lowest BCUT2D eigenvalue weighted by atomic mass is 10.4. The second-order valence-corrected chi connectivity index (χ2v) is 1.99. The summed E-state index contributed by atoms with van der Waals surface area (Å²) in [6, 6.07) is 0. The number of rotatable bonds is 6. The van der Waals surface area contributed by atoms with Gasteiger partial charge >= 0.3 is 0 Å². The van der Waals surface area contributed by atoms with Crippen LogP contribution in [0.5, 0.6) is 0 Å². The molecular formula is C6H17N3. The summed E-state index contributed by atoms with van der Waals surface area (Å²) in [5.41, 5.74) is 0. The highest BCUT2D eigenvalue weighted by Crippen LogP contribution is 1.68. The summed E-state index contributed by atoms with van der Waals surface area (Å²) in [4.78, 5) is 0. The fraction of sp³-hybridized carbons (Fsp3) is 1.00. The van der Waals surface area contributed by atoms with Gasteiger partial charge in [-0.2, -0.15) is 0 Å². The van der Waals surface area contributed by atoms with Gasteiger partial charge in [0.1, 0.15) is 0 Å². The summed E-state index contributed by atoms with van der Waals surface area (Å²) in [6.07, 6.45) is 1.19. The molecule has 0 heterocycles. The van der Waals surface area contributed by atoms with Crippen molar-refractivity contribution in [1.29, 1.82) is 0 Å². The van der Waals surface area contributed by atoms with E-state index in [0.29, 0.717) is 0 Å². The van der Waals surface area contributed by atoms with Gasteiger partial charge in [0.05, 0.1) is 0 Å². The molecule has 0 amide bonds. The van der Waals surface area contributed by atoms with Gasteiger partial charge in [0.2, 0.25) is 0 Å². The Balaban J connectivity index is 2.60. The Morgan fingerprint density at radius 1 is 1.00 bits per heavy atom. The van der Waals surface area contributed by atoms with Crippen LogP contribution in [-0.4, -0.2) is 33.9 Å². The zero-order valence-electron chi connectivity index (χ0n) is 6.33. The number of hydrogen-bond donors (Lipinski definition) is 3. The van der Waals surface area contributed by atoms with Gasteiger partial charge in [0.25, 0.3) is 0 Å². The minimum atomic E-state index is 0.906. The monoisotopic (exact) mass is 131 g/mol. The predicted octanol–water partition coefficient (Wildman–Crippen LogP) is -0.638. The van der Waals surface area contributed by atoms with E-state index in [9.17, 15) is 0 Å². The van der Waals surface area contributed by atoms with Crippen molar-refractivity contribution in [3.05, 3.63) is 0 Å². The summed E-state index contributed by atoms with van der Waals surface area (Å²) in [6.45, 7) is 3.09. The van der Waals surface area contributed by atoms with E-state index in [-0.39, 0.29) is 0 Å². The zero-order valence-corrected chi connectivity index (χ0v) is 6.33. The molecule has 0 bridgehead atoms. The van der Waals surface area contributed by atoms with Crippen molar-refractivity contribution < 1.29 is 0 Å². The maximum Gasteiger partial charge on any atom is 0.0451 e. The van der Waals surface area contributed by atoms with Crippen molar-refractivity contribution in [2.45, 2.75) is 6.42 Å². The van der Waals surface area contributed by atoms with Gasteiger partial charge in [-0.3, -0.25) is 0 Å². The van der Waals surface area contributed by atoms with Crippen LogP contribution in [-0.2, 0) is 0 Å². The first-order valence-corrected chi connectivity index (χ1v) is 3.41. The molecule has 3 heteroatoms. The number of hydrogen-bond acceptors (Lipinski definition) is 3. The largest absolute Gasteiger partial charge is 0.320 e. The fourth-order valence-corrected chi connectivity index (χ4v) is 0.604. The molecule has 0 aromatic heterocycles. The van der Waals surface area contributed by atoms with Crippen LogP contribution in [0.25, 0.3) is 0 Å². The van der Waals surface area contributed by atoms with E-state index in [1.807, 2.05) is 14.1 Å². The van der Waals surface area contributed by atoms with E-state index >= 15 is 0 Å². The lowest BCUT2D eigenvalue weighted by molar-refractivity contribution is 0.594. The van der Waals surface area contributed by atoms with Crippen molar-refractivity contribution in [3.63, 3.8) is 0 Å². The SMILES string of the molecule is CNCCCNCNC. The fourth-order valence-electron chi connectivity index (χ4n) is 0.604. The van der Waals surface area contributed by atoms with E-state index in [4.69, 9.17) is 0 Å². The van der Waals surface area contributed by atoms with Crippen LogP contribution >= 0.6 is 0 Å². The molecule has 0 fully saturated rings. The second kappa shape index (κ2) is 7.88. The third-order valence-corrected chi connectivity index (χ3v) is 1.08.